The van der Waals surface area contributed by atoms with Crippen LogP contribution in [0.25, 0.3) is 0 Å². The van der Waals surface area contributed by atoms with Crippen LogP contribution in [-0.4, -0.2) is 28.8 Å². The number of rotatable bonds is 1. The first-order valence-electron chi connectivity index (χ1n) is 5.62. The highest BCUT2D eigenvalue weighted by Crippen LogP contribution is 2.22. The summed E-state index contributed by atoms with van der Waals surface area (Å²) in [4.78, 5) is 11.9. The summed E-state index contributed by atoms with van der Waals surface area (Å²) < 4.78 is 1.82. The quantitative estimate of drug-likeness (QED) is 0.713. The predicted octanol–water partition coefficient (Wildman–Crippen LogP) is 0.188. The topological polar surface area (TPSA) is 59.0 Å². The second-order valence-corrected chi connectivity index (χ2v) is 4.24. The van der Waals surface area contributed by atoms with Gasteiger partial charge in [0.25, 0.3) is 0 Å². The lowest BCUT2D eigenvalue weighted by molar-refractivity contribution is -0.122. The Hall–Kier alpha value is -1.36. The molecule has 5 heteroatoms. The Morgan fingerprint density at radius 1 is 1.38 bits per heavy atom. The van der Waals surface area contributed by atoms with Gasteiger partial charge in [-0.2, -0.15) is 5.10 Å². The summed E-state index contributed by atoms with van der Waals surface area (Å²) >= 11 is 0. The Morgan fingerprint density at radius 3 is 2.75 bits per heavy atom. The summed E-state index contributed by atoms with van der Waals surface area (Å²) in [6.07, 6.45) is 0.973. The smallest absolute Gasteiger partial charge is 0.241 e. The van der Waals surface area contributed by atoms with Gasteiger partial charge in [0.1, 0.15) is 6.04 Å². The van der Waals surface area contributed by atoms with Gasteiger partial charge >= 0.3 is 0 Å². The molecule has 1 aliphatic rings. The van der Waals surface area contributed by atoms with Gasteiger partial charge in [-0.1, -0.05) is 0 Å². The number of nitrogens with one attached hydrogen (secondary N) is 2. The molecule has 1 atom stereocenters. The van der Waals surface area contributed by atoms with Crippen molar-refractivity contribution in [3.05, 3.63) is 17.0 Å². The average molecular weight is 222 g/mol. The lowest BCUT2D eigenvalue weighted by Gasteiger charge is -2.15. The van der Waals surface area contributed by atoms with Gasteiger partial charge < -0.3 is 10.6 Å². The third kappa shape index (κ3) is 1.82. The van der Waals surface area contributed by atoms with Crippen molar-refractivity contribution in [3.8, 4) is 0 Å². The van der Waals surface area contributed by atoms with E-state index >= 15 is 0 Å². The molecular weight excluding hydrogens is 204 g/mol. The molecule has 2 heterocycles. The van der Waals surface area contributed by atoms with Crippen LogP contribution in [0.15, 0.2) is 0 Å². The van der Waals surface area contributed by atoms with E-state index in [4.69, 9.17) is 0 Å². The summed E-state index contributed by atoms with van der Waals surface area (Å²) in [7, 11) is 1.90. The number of amides is 1. The maximum atomic E-state index is 11.9. The van der Waals surface area contributed by atoms with Crippen LogP contribution in [0.2, 0.25) is 0 Å². The van der Waals surface area contributed by atoms with E-state index < -0.39 is 0 Å². The molecule has 2 N–H and O–H groups in total. The van der Waals surface area contributed by atoms with E-state index in [-0.39, 0.29) is 11.9 Å². The Bertz CT molecular complexity index is 410. The third-order valence-corrected chi connectivity index (χ3v) is 3.12. The maximum Gasteiger partial charge on any atom is 0.241 e. The maximum absolute atomic E-state index is 11.9. The molecular formula is C11H18N4O. The Morgan fingerprint density at radius 2 is 2.12 bits per heavy atom. The van der Waals surface area contributed by atoms with Gasteiger partial charge in [-0.05, 0) is 26.8 Å². The largest absolute Gasteiger partial charge is 0.354 e. The van der Waals surface area contributed by atoms with Crippen molar-refractivity contribution in [1.29, 1.82) is 0 Å². The molecule has 5 nitrogen and oxygen atoms in total. The van der Waals surface area contributed by atoms with Crippen molar-refractivity contribution in [2.24, 2.45) is 7.05 Å². The van der Waals surface area contributed by atoms with Gasteiger partial charge in [-0.15, -0.1) is 0 Å². The molecule has 2 rings (SSSR count). The summed E-state index contributed by atoms with van der Waals surface area (Å²) in [5.41, 5.74) is 2.99. The SMILES string of the molecule is Cc1nn(C)c(C)c1C1NCCCNC1=O. The minimum absolute atomic E-state index is 0.0525. The first-order chi connectivity index (χ1) is 7.61. The number of nitrogens with zero attached hydrogens (tertiary/aromatic N) is 2. The number of aryl methyl sites for hydroxylation is 2. The monoisotopic (exact) mass is 222 g/mol. The zero-order valence-corrected chi connectivity index (χ0v) is 10.0. The Labute approximate surface area is 95.2 Å². The van der Waals surface area contributed by atoms with Gasteiger partial charge in [0, 0.05) is 24.8 Å². The molecule has 0 saturated carbocycles. The number of hydrogen-bond acceptors (Lipinski definition) is 3. The Balaban J connectivity index is 2.37. The van der Waals surface area contributed by atoms with Gasteiger partial charge in [0.15, 0.2) is 0 Å². The number of hydrogen-bond donors (Lipinski definition) is 2. The molecule has 1 saturated heterocycles. The first-order valence-corrected chi connectivity index (χ1v) is 5.62. The minimum atomic E-state index is -0.254. The average Bonchev–Trinajstić information content (AvgIpc) is 2.43. The van der Waals surface area contributed by atoms with Crippen molar-refractivity contribution < 1.29 is 4.79 Å². The molecule has 1 fully saturated rings. The molecule has 0 spiro atoms. The fraction of sp³-hybridized carbons (Fsp3) is 0.636. The summed E-state index contributed by atoms with van der Waals surface area (Å²) in [5, 5.41) is 10.5. The molecule has 1 amide bonds. The third-order valence-electron chi connectivity index (χ3n) is 3.12. The van der Waals surface area contributed by atoms with Gasteiger partial charge in [0.2, 0.25) is 5.91 Å². The van der Waals surface area contributed by atoms with Crippen LogP contribution >= 0.6 is 0 Å². The van der Waals surface area contributed by atoms with Crippen LogP contribution in [0.1, 0.15) is 29.4 Å². The highest BCUT2D eigenvalue weighted by Gasteiger charge is 2.27. The molecule has 0 bridgehead atoms. The lowest BCUT2D eigenvalue weighted by atomic mass is 10.0. The summed E-state index contributed by atoms with van der Waals surface area (Å²) in [6, 6.07) is -0.254. The van der Waals surface area contributed by atoms with Crippen LogP contribution in [0.4, 0.5) is 0 Å². The highest BCUT2D eigenvalue weighted by molar-refractivity contribution is 5.84. The zero-order valence-electron chi connectivity index (χ0n) is 10.0. The summed E-state index contributed by atoms with van der Waals surface area (Å²) in [5.74, 6) is 0.0525. The standard InChI is InChI=1S/C11H18N4O/c1-7-9(8(2)15(3)14-7)10-11(16)13-6-4-5-12-10/h10,12H,4-6H2,1-3H3,(H,13,16). The van der Waals surface area contributed by atoms with E-state index in [0.29, 0.717) is 0 Å². The minimum Gasteiger partial charge on any atom is -0.354 e. The fourth-order valence-corrected chi connectivity index (χ4v) is 2.18. The normalized spacial score (nSPS) is 21.7. The second kappa shape index (κ2) is 4.25. The number of carbonyl (C=O) groups is 1. The van der Waals surface area contributed by atoms with E-state index in [1.807, 2.05) is 25.6 Å². The number of carbonyl (C=O) groups excluding carboxylic acids is 1. The summed E-state index contributed by atoms with van der Waals surface area (Å²) in [6.45, 7) is 5.55. The van der Waals surface area contributed by atoms with E-state index in [2.05, 4.69) is 15.7 Å². The van der Waals surface area contributed by atoms with Crippen LogP contribution < -0.4 is 10.6 Å². The molecule has 0 radical (unpaired) electrons. The van der Waals surface area contributed by atoms with Crippen LogP contribution in [0.3, 0.4) is 0 Å². The van der Waals surface area contributed by atoms with Crippen LogP contribution in [0.5, 0.6) is 0 Å². The second-order valence-electron chi connectivity index (χ2n) is 4.24. The molecule has 1 unspecified atom stereocenters. The van der Waals surface area contributed by atoms with E-state index in [0.717, 1.165) is 36.5 Å². The van der Waals surface area contributed by atoms with Crippen molar-refractivity contribution in [2.75, 3.05) is 13.1 Å². The molecule has 1 aromatic heterocycles. The number of aromatic nitrogens is 2. The molecule has 1 aromatic rings. The molecule has 16 heavy (non-hydrogen) atoms. The van der Waals surface area contributed by atoms with Gasteiger partial charge in [0.05, 0.1) is 5.69 Å². The molecule has 88 valence electrons. The van der Waals surface area contributed by atoms with Crippen LogP contribution in [-0.2, 0) is 11.8 Å². The molecule has 0 aromatic carbocycles. The van der Waals surface area contributed by atoms with Gasteiger partial charge in [-0.25, -0.2) is 0 Å². The van der Waals surface area contributed by atoms with Crippen molar-refractivity contribution in [3.63, 3.8) is 0 Å². The van der Waals surface area contributed by atoms with E-state index in [1.165, 1.54) is 0 Å². The van der Waals surface area contributed by atoms with Crippen molar-refractivity contribution >= 4 is 5.91 Å². The molecule has 1 aliphatic heterocycles. The lowest BCUT2D eigenvalue weighted by Crippen LogP contribution is -2.34. The van der Waals surface area contributed by atoms with E-state index in [1.54, 1.807) is 0 Å². The van der Waals surface area contributed by atoms with Gasteiger partial charge in [-0.3, -0.25) is 9.48 Å². The van der Waals surface area contributed by atoms with Crippen molar-refractivity contribution in [2.45, 2.75) is 26.3 Å². The first kappa shape index (κ1) is 11.1. The fourth-order valence-electron chi connectivity index (χ4n) is 2.18. The zero-order chi connectivity index (χ0) is 11.7. The predicted molar refractivity (Wildman–Crippen MR) is 61.1 cm³/mol. The van der Waals surface area contributed by atoms with E-state index in [9.17, 15) is 4.79 Å². The molecule has 0 aliphatic carbocycles. The van der Waals surface area contributed by atoms with Crippen LogP contribution in [0, 0.1) is 13.8 Å². The Kier molecular flexibility index (Phi) is 2.96. The highest BCUT2D eigenvalue weighted by atomic mass is 16.2. The van der Waals surface area contributed by atoms with Crippen molar-refractivity contribution in [1.82, 2.24) is 20.4 Å².